The smallest absolute Gasteiger partial charge is 0.192 e. The fourth-order valence-corrected chi connectivity index (χ4v) is 3.95. The van der Waals surface area contributed by atoms with Crippen LogP contribution in [0.2, 0.25) is 18.1 Å². The van der Waals surface area contributed by atoms with Crippen LogP contribution in [0.3, 0.4) is 0 Å². The van der Waals surface area contributed by atoms with Gasteiger partial charge < -0.3 is 4.43 Å². The zero-order valence-electron chi connectivity index (χ0n) is 13.4. The van der Waals surface area contributed by atoms with Crippen molar-refractivity contribution in [2.24, 2.45) is 0 Å². The summed E-state index contributed by atoms with van der Waals surface area (Å²) in [5, 5.41) is 0.287. The number of rotatable bonds is 5. The molecule has 0 aliphatic rings. The van der Waals surface area contributed by atoms with E-state index in [2.05, 4.69) is 72.0 Å². The Hall–Kier alpha value is -0.253. The monoisotopic (exact) mass is 296 g/mol. The van der Waals surface area contributed by atoms with Gasteiger partial charge in [0.15, 0.2) is 8.32 Å². The van der Waals surface area contributed by atoms with Crippen molar-refractivity contribution in [3.63, 3.8) is 0 Å². The Labute approximate surface area is 124 Å². The largest absolute Gasteiger partial charge is 0.413 e. The highest BCUT2D eigenvalue weighted by molar-refractivity contribution is 7.99. The predicted molar refractivity (Wildman–Crippen MR) is 89.6 cm³/mol. The van der Waals surface area contributed by atoms with Crippen LogP contribution < -0.4 is 0 Å². The molecular formula is C16H28OSSi. The van der Waals surface area contributed by atoms with Crippen LogP contribution in [-0.2, 0) is 4.43 Å². The first-order chi connectivity index (χ1) is 8.62. The Bertz CT molecular complexity index is 392. The topological polar surface area (TPSA) is 9.23 Å². The van der Waals surface area contributed by atoms with Crippen molar-refractivity contribution in [1.82, 2.24) is 0 Å². The molecule has 0 aliphatic carbocycles. The molecule has 0 spiro atoms. The Kier molecular flexibility index (Phi) is 5.72. The molecule has 0 aromatic heterocycles. The van der Waals surface area contributed by atoms with Gasteiger partial charge in [-0.3, -0.25) is 0 Å². The van der Waals surface area contributed by atoms with Crippen LogP contribution in [0, 0.1) is 6.92 Å². The van der Waals surface area contributed by atoms with Gasteiger partial charge in [0.25, 0.3) is 0 Å². The SMILES string of the molecule is Cc1ccc(SCC(C)O[Si](C)(C)C(C)(C)C)cc1. The highest BCUT2D eigenvalue weighted by atomic mass is 32.2. The lowest BCUT2D eigenvalue weighted by Gasteiger charge is -2.38. The lowest BCUT2D eigenvalue weighted by molar-refractivity contribution is 0.222. The lowest BCUT2D eigenvalue weighted by Crippen LogP contribution is -2.43. The maximum atomic E-state index is 6.37. The lowest BCUT2D eigenvalue weighted by atomic mass is 10.2. The summed E-state index contributed by atoms with van der Waals surface area (Å²) in [6, 6.07) is 8.72. The zero-order chi connectivity index (χ0) is 14.7. The van der Waals surface area contributed by atoms with Crippen molar-refractivity contribution in [3.8, 4) is 0 Å². The van der Waals surface area contributed by atoms with Gasteiger partial charge in [-0.05, 0) is 44.1 Å². The first kappa shape index (κ1) is 16.8. The van der Waals surface area contributed by atoms with E-state index in [-0.39, 0.29) is 5.04 Å². The van der Waals surface area contributed by atoms with E-state index < -0.39 is 8.32 Å². The summed E-state index contributed by atoms with van der Waals surface area (Å²) in [5.74, 6) is 1.02. The van der Waals surface area contributed by atoms with Gasteiger partial charge in [-0.1, -0.05) is 38.5 Å². The quantitative estimate of drug-likeness (QED) is 0.524. The van der Waals surface area contributed by atoms with Crippen molar-refractivity contribution in [1.29, 1.82) is 0 Å². The highest BCUT2D eigenvalue weighted by Crippen LogP contribution is 2.37. The molecule has 0 fully saturated rings. The number of thioether (sulfide) groups is 1. The summed E-state index contributed by atoms with van der Waals surface area (Å²) in [7, 11) is -1.63. The van der Waals surface area contributed by atoms with Gasteiger partial charge in [0.05, 0.1) is 6.10 Å². The van der Waals surface area contributed by atoms with Crippen LogP contribution in [0.15, 0.2) is 29.2 Å². The summed E-state index contributed by atoms with van der Waals surface area (Å²) in [6.07, 6.45) is 0.312. The summed E-state index contributed by atoms with van der Waals surface area (Å²) in [4.78, 5) is 1.33. The molecule has 1 aromatic rings. The number of aryl methyl sites for hydroxylation is 1. The molecule has 0 N–H and O–H groups in total. The molecule has 0 heterocycles. The minimum atomic E-state index is -1.63. The molecule has 108 valence electrons. The summed E-state index contributed by atoms with van der Waals surface area (Å²) >= 11 is 1.89. The average Bonchev–Trinajstić information content (AvgIpc) is 2.26. The molecule has 0 amide bonds. The van der Waals surface area contributed by atoms with Gasteiger partial charge in [-0.15, -0.1) is 11.8 Å². The Morgan fingerprint density at radius 2 is 1.68 bits per heavy atom. The Balaban J connectivity index is 2.48. The van der Waals surface area contributed by atoms with E-state index in [4.69, 9.17) is 4.43 Å². The van der Waals surface area contributed by atoms with E-state index in [1.165, 1.54) is 10.5 Å². The van der Waals surface area contributed by atoms with Gasteiger partial charge in [-0.25, -0.2) is 0 Å². The molecule has 0 radical (unpaired) electrons. The van der Waals surface area contributed by atoms with Gasteiger partial charge >= 0.3 is 0 Å². The van der Waals surface area contributed by atoms with E-state index in [0.29, 0.717) is 6.10 Å². The standard InChI is InChI=1S/C16H28OSSi/c1-13-8-10-15(11-9-13)18-12-14(2)17-19(6,7)16(3,4)5/h8-11,14H,12H2,1-7H3. The molecule has 0 bridgehead atoms. The third kappa shape index (κ3) is 5.33. The third-order valence-electron chi connectivity index (χ3n) is 3.81. The average molecular weight is 297 g/mol. The van der Waals surface area contributed by atoms with Crippen LogP contribution in [0.1, 0.15) is 33.3 Å². The number of hydrogen-bond acceptors (Lipinski definition) is 2. The second-order valence-corrected chi connectivity index (χ2v) is 12.7. The molecule has 1 aromatic carbocycles. The molecule has 1 nitrogen and oxygen atoms in total. The van der Waals surface area contributed by atoms with Gasteiger partial charge in [-0.2, -0.15) is 0 Å². The molecule has 1 atom stereocenters. The molecular weight excluding hydrogens is 268 g/mol. The number of benzene rings is 1. The zero-order valence-corrected chi connectivity index (χ0v) is 15.2. The molecule has 1 rings (SSSR count). The molecule has 0 saturated carbocycles. The first-order valence-corrected chi connectivity index (χ1v) is 10.9. The molecule has 1 unspecified atom stereocenters. The summed E-state index contributed by atoms with van der Waals surface area (Å²) in [6.45, 7) is 15.8. The van der Waals surface area contributed by atoms with E-state index in [1.807, 2.05) is 11.8 Å². The number of hydrogen-bond donors (Lipinski definition) is 0. The van der Waals surface area contributed by atoms with Crippen molar-refractivity contribution in [2.45, 2.75) is 63.8 Å². The fourth-order valence-electron chi connectivity index (χ4n) is 1.56. The van der Waals surface area contributed by atoms with Crippen molar-refractivity contribution in [2.75, 3.05) is 5.75 Å². The minimum Gasteiger partial charge on any atom is -0.413 e. The Morgan fingerprint density at radius 1 is 1.16 bits per heavy atom. The minimum absolute atomic E-state index is 0.287. The van der Waals surface area contributed by atoms with E-state index in [9.17, 15) is 0 Å². The molecule has 19 heavy (non-hydrogen) atoms. The van der Waals surface area contributed by atoms with Crippen LogP contribution in [0.25, 0.3) is 0 Å². The summed E-state index contributed by atoms with van der Waals surface area (Å²) < 4.78 is 6.37. The van der Waals surface area contributed by atoms with Gasteiger partial charge in [0, 0.05) is 10.6 Å². The van der Waals surface area contributed by atoms with E-state index >= 15 is 0 Å². The van der Waals surface area contributed by atoms with Crippen LogP contribution in [0.5, 0.6) is 0 Å². The van der Waals surface area contributed by atoms with E-state index in [0.717, 1.165) is 5.75 Å². The normalized spacial score (nSPS) is 14.5. The predicted octanol–water partition coefficient (Wildman–Crippen LogP) is 5.50. The first-order valence-electron chi connectivity index (χ1n) is 6.99. The molecule has 3 heteroatoms. The van der Waals surface area contributed by atoms with Crippen molar-refractivity contribution >= 4 is 20.1 Å². The molecule has 0 aliphatic heterocycles. The van der Waals surface area contributed by atoms with Gasteiger partial charge in [0.2, 0.25) is 0 Å². The Morgan fingerprint density at radius 3 is 2.16 bits per heavy atom. The molecule has 0 saturated heterocycles. The fraction of sp³-hybridized carbons (Fsp3) is 0.625. The highest BCUT2D eigenvalue weighted by Gasteiger charge is 2.38. The third-order valence-corrected chi connectivity index (χ3v) is 9.65. The van der Waals surface area contributed by atoms with Gasteiger partial charge in [0.1, 0.15) is 0 Å². The maximum absolute atomic E-state index is 6.37. The maximum Gasteiger partial charge on any atom is 0.192 e. The van der Waals surface area contributed by atoms with Crippen LogP contribution >= 0.6 is 11.8 Å². The van der Waals surface area contributed by atoms with Crippen molar-refractivity contribution in [3.05, 3.63) is 29.8 Å². The van der Waals surface area contributed by atoms with E-state index in [1.54, 1.807) is 0 Å². The second kappa shape index (κ2) is 6.46. The van der Waals surface area contributed by atoms with Crippen LogP contribution in [0.4, 0.5) is 0 Å². The second-order valence-electron chi connectivity index (χ2n) is 6.81. The van der Waals surface area contributed by atoms with Crippen LogP contribution in [-0.4, -0.2) is 20.2 Å². The summed E-state index contributed by atoms with van der Waals surface area (Å²) in [5.41, 5.74) is 1.31. The van der Waals surface area contributed by atoms with Crippen molar-refractivity contribution < 1.29 is 4.43 Å².